The number of rotatable bonds is 3. The number of esters is 1. The van der Waals surface area contributed by atoms with Gasteiger partial charge in [0.1, 0.15) is 0 Å². The summed E-state index contributed by atoms with van der Waals surface area (Å²) >= 11 is 0. The molecule has 1 amide bonds. The zero-order valence-electron chi connectivity index (χ0n) is 7.87. The summed E-state index contributed by atoms with van der Waals surface area (Å²) in [5.41, 5.74) is 4.17. The van der Waals surface area contributed by atoms with Crippen LogP contribution >= 0.6 is 0 Å². The maximum atomic E-state index is 10.5. The number of carbonyl (C=O) groups is 2. The van der Waals surface area contributed by atoms with Gasteiger partial charge < -0.3 is 10.5 Å². The second-order valence-corrected chi connectivity index (χ2v) is 2.64. The highest BCUT2D eigenvalue weighted by molar-refractivity contribution is 5.68. The summed E-state index contributed by atoms with van der Waals surface area (Å²) in [6, 6.07) is 0. The molecular weight excluding hydrogens is 158 g/mol. The number of primary amides is 1. The molecule has 2 N–H and O–H groups in total. The second kappa shape index (κ2) is 9.94. The van der Waals surface area contributed by atoms with Gasteiger partial charge in [-0.05, 0) is 12.3 Å². The lowest BCUT2D eigenvalue weighted by molar-refractivity contribution is -0.140. The van der Waals surface area contributed by atoms with Crippen LogP contribution in [0.1, 0.15) is 26.7 Å². The summed E-state index contributed by atoms with van der Waals surface area (Å²) in [6.45, 7) is 4.17. The first kappa shape index (κ1) is 13.5. The van der Waals surface area contributed by atoms with Crippen molar-refractivity contribution in [2.75, 3.05) is 7.11 Å². The lowest BCUT2D eigenvalue weighted by Crippen LogP contribution is -2.01. The SMILES string of the molecule is COC(=O)CCC(C)C.NC=O. The smallest absolute Gasteiger partial charge is 0.305 e. The van der Waals surface area contributed by atoms with Gasteiger partial charge in [0.2, 0.25) is 6.41 Å². The molecule has 0 aromatic rings. The number of hydrogen-bond acceptors (Lipinski definition) is 3. The van der Waals surface area contributed by atoms with Gasteiger partial charge in [-0.3, -0.25) is 9.59 Å². The molecule has 0 fully saturated rings. The molecule has 0 rings (SSSR count). The number of methoxy groups -OCH3 is 1. The van der Waals surface area contributed by atoms with Gasteiger partial charge in [-0.25, -0.2) is 0 Å². The van der Waals surface area contributed by atoms with Crippen LogP contribution in [-0.4, -0.2) is 19.5 Å². The minimum atomic E-state index is -0.108. The summed E-state index contributed by atoms with van der Waals surface area (Å²) in [4.78, 5) is 19.1. The lowest BCUT2D eigenvalue weighted by Gasteiger charge is -2.00. The number of amides is 1. The van der Waals surface area contributed by atoms with E-state index in [0.717, 1.165) is 6.42 Å². The summed E-state index contributed by atoms with van der Waals surface area (Å²) < 4.78 is 4.46. The molecule has 0 aliphatic heterocycles. The Morgan fingerprint density at radius 1 is 1.58 bits per heavy atom. The van der Waals surface area contributed by atoms with Crippen LogP contribution in [0.5, 0.6) is 0 Å². The number of nitrogens with two attached hydrogens (primary N) is 1. The van der Waals surface area contributed by atoms with Gasteiger partial charge in [0.25, 0.3) is 0 Å². The highest BCUT2D eigenvalue weighted by Crippen LogP contribution is 2.03. The normalized spacial score (nSPS) is 8.33. The van der Waals surface area contributed by atoms with Gasteiger partial charge in [0.05, 0.1) is 7.11 Å². The fraction of sp³-hybridized carbons (Fsp3) is 0.750. The Balaban J connectivity index is 0. The Bertz CT molecular complexity index is 123. The topological polar surface area (TPSA) is 69.4 Å². The summed E-state index contributed by atoms with van der Waals surface area (Å²) in [6.07, 6.45) is 1.72. The number of hydrogen-bond donors (Lipinski definition) is 1. The van der Waals surface area contributed by atoms with Crippen molar-refractivity contribution < 1.29 is 14.3 Å². The molecule has 0 saturated carbocycles. The van der Waals surface area contributed by atoms with Crippen LogP contribution < -0.4 is 5.73 Å². The van der Waals surface area contributed by atoms with Crippen LogP contribution in [0.4, 0.5) is 0 Å². The van der Waals surface area contributed by atoms with Crippen molar-refractivity contribution >= 4 is 12.4 Å². The van der Waals surface area contributed by atoms with Gasteiger partial charge in [-0.2, -0.15) is 0 Å². The van der Waals surface area contributed by atoms with Gasteiger partial charge >= 0.3 is 5.97 Å². The van der Waals surface area contributed by atoms with Crippen LogP contribution in [0.15, 0.2) is 0 Å². The highest BCUT2D eigenvalue weighted by Gasteiger charge is 2.00. The van der Waals surface area contributed by atoms with Crippen molar-refractivity contribution in [1.82, 2.24) is 0 Å². The van der Waals surface area contributed by atoms with E-state index >= 15 is 0 Å². The maximum Gasteiger partial charge on any atom is 0.305 e. The molecule has 4 heteroatoms. The van der Waals surface area contributed by atoms with Gasteiger partial charge in [0, 0.05) is 6.42 Å². The molecular formula is C8H17NO3. The van der Waals surface area contributed by atoms with Crippen LogP contribution in [0.3, 0.4) is 0 Å². The summed E-state index contributed by atoms with van der Waals surface area (Å²) in [7, 11) is 1.42. The summed E-state index contributed by atoms with van der Waals surface area (Å²) in [5, 5.41) is 0. The molecule has 0 radical (unpaired) electrons. The third-order valence-electron chi connectivity index (χ3n) is 1.15. The van der Waals surface area contributed by atoms with E-state index in [1.54, 1.807) is 0 Å². The van der Waals surface area contributed by atoms with Crippen molar-refractivity contribution in [3.63, 3.8) is 0 Å². The van der Waals surface area contributed by atoms with E-state index in [4.69, 9.17) is 4.79 Å². The van der Waals surface area contributed by atoms with Gasteiger partial charge in [-0.15, -0.1) is 0 Å². The van der Waals surface area contributed by atoms with E-state index < -0.39 is 0 Å². The minimum absolute atomic E-state index is 0.108. The van der Waals surface area contributed by atoms with E-state index in [1.165, 1.54) is 7.11 Å². The van der Waals surface area contributed by atoms with Crippen molar-refractivity contribution in [2.24, 2.45) is 11.7 Å². The Morgan fingerprint density at radius 2 is 2.00 bits per heavy atom. The van der Waals surface area contributed by atoms with E-state index in [-0.39, 0.29) is 12.4 Å². The van der Waals surface area contributed by atoms with Crippen LogP contribution in [0, 0.1) is 5.92 Å². The maximum absolute atomic E-state index is 10.5. The largest absolute Gasteiger partial charge is 0.469 e. The van der Waals surface area contributed by atoms with E-state index in [9.17, 15) is 4.79 Å². The van der Waals surface area contributed by atoms with Crippen LogP contribution in [0.25, 0.3) is 0 Å². The molecule has 0 aromatic heterocycles. The fourth-order valence-corrected chi connectivity index (χ4v) is 0.509. The van der Waals surface area contributed by atoms with Crippen molar-refractivity contribution in [3.8, 4) is 0 Å². The molecule has 0 aromatic carbocycles. The van der Waals surface area contributed by atoms with E-state index in [2.05, 4.69) is 24.3 Å². The highest BCUT2D eigenvalue weighted by atomic mass is 16.5. The molecule has 0 bridgehead atoms. The average Bonchev–Trinajstić information content (AvgIpc) is 2.01. The van der Waals surface area contributed by atoms with Gasteiger partial charge in [-0.1, -0.05) is 13.8 Å². The molecule has 0 unspecified atom stereocenters. The Labute approximate surface area is 73.1 Å². The first-order chi connectivity index (χ1) is 5.58. The van der Waals surface area contributed by atoms with Crippen molar-refractivity contribution in [3.05, 3.63) is 0 Å². The molecule has 0 atom stereocenters. The predicted octanol–water partition coefficient (Wildman–Crippen LogP) is 0.697. The van der Waals surface area contributed by atoms with E-state index in [0.29, 0.717) is 12.3 Å². The van der Waals surface area contributed by atoms with E-state index in [1.807, 2.05) is 0 Å². The molecule has 0 saturated heterocycles. The number of carbonyl (C=O) groups excluding carboxylic acids is 2. The number of ether oxygens (including phenoxy) is 1. The van der Waals surface area contributed by atoms with Gasteiger partial charge in [0.15, 0.2) is 0 Å². The first-order valence-corrected chi connectivity index (χ1v) is 3.80. The molecule has 0 spiro atoms. The molecule has 0 heterocycles. The Kier molecular flexibility index (Phi) is 11.2. The molecule has 4 nitrogen and oxygen atoms in total. The zero-order chi connectivity index (χ0) is 9.98. The second-order valence-electron chi connectivity index (χ2n) is 2.64. The zero-order valence-corrected chi connectivity index (χ0v) is 7.87. The predicted molar refractivity (Wildman–Crippen MR) is 46.3 cm³/mol. The Morgan fingerprint density at radius 3 is 2.25 bits per heavy atom. The average molecular weight is 175 g/mol. The third kappa shape index (κ3) is 16.0. The fourth-order valence-electron chi connectivity index (χ4n) is 0.509. The van der Waals surface area contributed by atoms with Crippen LogP contribution in [0.2, 0.25) is 0 Å². The molecule has 0 aliphatic rings. The molecule has 72 valence electrons. The standard InChI is InChI=1S/C7H14O2.CH3NO/c1-6(2)4-5-7(8)9-3;2-1-3/h6H,4-5H2,1-3H3;1H,(H2,2,3). The molecule has 12 heavy (non-hydrogen) atoms. The van der Waals surface area contributed by atoms with Crippen molar-refractivity contribution in [2.45, 2.75) is 26.7 Å². The van der Waals surface area contributed by atoms with Crippen molar-refractivity contribution in [1.29, 1.82) is 0 Å². The summed E-state index contributed by atoms with van der Waals surface area (Å²) in [5.74, 6) is 0.479. The quantitative estimate of drug-likeness (QED) is 0.507. The monoisotopic (exact) mass is 175 g/mol. The Hall–Kier alpha value is -1.06. The van der Waals surface area contributed by atoms with Crippen LogP contribution in [-0.2, 0) is 14.3 Å². The molecule has 0 aliphatic carbocycles. The lowest BCUT2D eigenvalue weighted by atomic mass is 10.1. The third-order valence-corrected chi connectivity index (χ3v) is 1.15. The first-order valence-electron chi connectivity index (χ1n) is 3.80. The minimum Gasteiger partial charge on any atom is -0.469 e.